The summed E-state index contributed by atoms with van der Waals surface area (Å²) in [6.07, 6.45) is 4.43. The van der Waals surface area contributed by atoms with Crippen molar-refractivity contribution in [1.29, 1.82) is 0 Å². The SMILES string of the molecule is CC1(C)CC1c1ccc(-c2cc(F)c3cnc(N)nn23)nc1. The first-order valence-electron chi connectivity index (χ1n) is 7.22. The van der Waals surface area contributed by atoms with Crippen molar-refractivity contribution in [3.63, 3.8) is 0 Å². The van der Waals surface area contributed by atoms with Gasteiger partial charge in [-0.1, -0.05) is 19.9 Å². The zero-order valence-corrected chi connectivity index (χ0v) is 12.4. The van der Waals surface area contributed by atoms with Crippen molar-refractivity contribution in [2.24, 2.45) is 5.41 Å². The Bertz CT molecular complexity index is 866. The van der Waals surface area contributed by atoms with Crippen LogP contribution in [-0.4, -0.2) is 19.6 Å². The van der Waals surface area contributed by atoms with E-state index in [9.17, 15) is 4.39 Å². The number of anilines is 1. The lowest BCUT2D eigenvalue weighted by Crippen LogP contribution is -2.02. The second-order valence-corrected chi connectivity index (χ2v) is 6.51. The average molecular weight is 297 g/mol. The largest absolute Gasteiger partial charge is 0.367 e. The molecule has 3 aromatic rings. The number of hydrogen-bond donors (Lipinski definition) is 1. The van der Waals surface area contributed by atoms with E-state index in [-0.39, 0.29) is 11.8 Å². The second-order valence-electron chi connectivity index (χ2n) is 6.51. The Balaban J connectivity index is 1.77. The maximum atomic E-state index is 14.0. The predicted molar refractivity (Wildman–Crippen MR) is 81.7 cm³/mol. The molecule has 3 heterocycles. The summed E-state index contributed by atoms with van der Waals surface area (Å²) >= 11 is 0. The first kappa shape index (κ1) is 13.2. The Hall–Kier alpha value is -2.50. The van der Waals surface area contributed by atoms with Crippen LogP contribution < -0.4 is 5.73 Å². The Labute approximate surface area is 127 Å². The number of rotatable bonds is 2. The van der Waals surface area contributed by atoms with Crippen LogP contribution in [0.15, 0.2) is 30.6 Å². The molecule has 0 bridgehead atoms. The molecule has 1 saturated carbocycles. The molecule has 1 aliphatic rings. The number of hydrogen-bond acceptors (Lipinski definition) is 4. The summed E-state index contributed by atoms with van der Waals surface area (Å²) in [6.45, 7) is 4.50. The molecule has 1 atom stereocenters. The number of aromatic nitrogens is 4. The Kier molecular flexibility index (Phi) is 2.55. The van der Waals surface area contributed by atoms with Gasteiger partial charge < -0.3 is 5.73 Å². The van der Waals surface area contributed by atoms with E-state index in [0.29, 0.717) is 28.2 Å². The molecule has 1 unspecified atom stereocenters. The molecule has 112 valence electrons. The molecule has 0 spiro atoms. The van der Waals surface area contributed by atoms with Crippen molar-refractivity contribution in [3.05, 3.63) is 42.0 Å². The van der Waals surface area contributed by atoms with Crippen molar-refractivity contribution in [2.75, 3.05) is 5.73 Å². The van der Waals surface area contributed by atoms with Gasteiger partial charge in [0, 0.05) is 12.3 Å². The third-order valence-corrected chi connectivity index (χ3v) is 4.45. The van der Waals surface area contributed by atoms with E-state index in [1.807, 2.05) is 12.3 Å². The molecule has 6 heteroatoms. The van der Waals surface area contributed by atoms with E-state index in [1.165, 1.54) is 28.8 Å². The summed E-state index contributed by atoms with van der Waals surface area (Å²) in [7, 11) is 0. The third kappa shape index (κ3) is 1.94. The maximum absolute atomic E-state index is 14.0. The summed E-state index contributed by atoms with van der Waals surface area (Å²) in [6, 6.07) is 5.37. The maximum Gasteiger partial charge on any atom is 0.238 e. The minimum atomic E-state index is -0.385. The topological polar surface area (TPSA) is 69.1 Å². The monoisotopic (exact) mass is 297 g/mol. The number of nitrogen functional groups attached to an aromatic ring is 1. The fraction of sp³-hybridized carbons (Fsp3) is 0.312. The molecule has 1 fully saturated rings. The number of pyridine rings is 1. The molecule has 2 N–H and O–H groups in total. The molecule has 0 aromatic carbocycles. The summed E-state index contributed by atoms with van der Waals surface area (Å²) in [5, 5.41) is 4.07. The minimum Gasteiger partial charge on any atom is -0.367 e. The van der Waals surface area contributed by atoms with Gasteiger partial charge in [0.25, 0.3) is 0 Å². The van der Waals surface area contributed by atoms with Crippen LogP contribution in [0.2, 0.25) is 0 Å². The van der Waals surface area contributed by atoms with Crippen LogP contribution in [0.25, 0.3) is 16.9 Å². The lowest BCUT2D eigenvalue weighted by Gasteiger charge is -2.05. The van der Waals surface area contributed by atoms with Crippen LogP contribution in [-0.2, 0) is 0 Å². The molecule has 0 radical (unpaired) electrons. The van der Waals surface area contributed by atoms with Crippen LogP contribution in [0.4, 0.5) is 10.3 Å². The predicted octanol–water partition coefficient (Wildman–Crippen LogP) is 3.03. The highest BCUT2D eigenvalue weighted by atomic mass is 19.1. The standard InChI is InChI=1S/C16H16FN5/c1-16(2)6-10(16)9-3-4-12(19-7-9)13-5-11(17)14-8-20-15(18)21-22(13)14/h3-5,7-8,10H,6H2,1-2H3,(H2,18,21). The normalized spacial score (nSPS) is 19.5. The van der Waals surface area contributed by atoms with Gasteiger partial charge in [0.05, 0.1) is 17.6 Å². The van der Waals surface area contributed by atoms with Gasteiger partial charge in [-0.25, -0.2) is 13.9 Å². The van der Waals surface area contributed by atoms with Gasteiger partial charge in [0.1, 0.15) is 5.52 Å². The average Bonchev–Trinajstić information content (AvgIpc) is 3.01. The summed E-state index contributed by atoms with van der Waals surface area (Å²) in [5.74, 6) is 0.276. The van der Waals surface area contributed by atoms with Crippen LogP contribution >= 0.6 is 0 Å². The van der Waals surface area contributed by atoms with Crippen molar-refractivity contribution in [1.82, 2.24) is 19.6 Å². The van der Waals surface area contributed by atoms with E-state index >= 15 is 0 Å². The third-order valence-electron chi connectivity index (χ3n) is 4.45. The van der Waals surface area contributed by atoms with Gasteiger partial charge in [-0.2, -0.15) is 0 Å². The van der Waals surface area contributed by atoms with E-state index in [2.05, 4.69) is 35.0 Å². The highest BCUT2D eigenvalue weighted by molar-refractivity contribution is 5.64. The van der Waals surface area contributed by atoms with Gasteiger partial charge >= 0.3 is 0 Å². The summed E-state index contributed by atoms with van der Waals surface area (Å²) < 4.78 is 15.4. The van der Waals surface area contributed by atoms with Gasteiger partial charge in [-0.05, 0) is 29.4 Å². The fourth-order valence-electron chi connectivity index (χ4n) is 2.95. The number of nitrogens with zero attached hydrogens (tertiary/aromatic N) is 4. The molecule has 4 rings (SSSR count). The smallest absolute Gasteiger partial charge is 0.238 e. The highest BCUT2D eigenvalue weighted by Crippen LogP contribution is 2.58. The molecule has 0 saturated heterocycles. The van der Waals surface area contributed by atoms with Crippen LogP contribution in [0.5, 0.6) is 0 Å². The van der Waals surface area contributed by atoms with E-state index in [1.54, 1.807) is 0 Å². The quantitative estimate of drug-likeness (QED) is 0.789. The molecule has 5 nitrogen and oxygen atoms in total. The second kappa shape index (κ2) is 4.25. The minimum absolute atomic E-state index is 0.0979. The van der Waals surface area contributed by atoms with Crippen molar-refractivity contribution in [2.45, 2.75) is 26.2 Å². The molecular weight excluding hydrogens is 281 g/mol. The Morgan fingerprint density at radius 2 is 2.05 bits per heavy atom. The molecule has 1 aliphatic carbocycles. The van der Waals surface area contributed by atoms with Gasteiger partial charge in [-0.15, -0.1) is 5.10 Å². The summed E-state index contributed by atoms with van der Waals surface area (Å²) in [5.41, 5.74) is 8.71. The molecule has 0 aliphatic heterocycles. The number of fused-ring (bicyclic) bond motifs is 1. The molecule has 22 heavy (non-hydrogen) atoms. The zero-order valence-electron chi connectivity index (χ0n) is 12.4. The fourth-order valence-corrected chi connectivity index (χ4v) is 2.95. The lowest BCUT2D eigenvalue weighted by atomic mass is 10.0. The van der Waals surface area contributed by atoms with Crippen molar-refractivity contribution >= 4 is 11.5 Å². The van der Waals surface area contributed by atoms with E-state index in [0.717, 1.165) is 0 Å². The number of halogens is 1. The molecule has 0 amide bonds. The first-order valence-corrected chi connectivity index (χ1v) is 7.22. The molecule has 3 aromatic heterocycles. The molecular formula is C16H16FN5. The zero-order chi connectivity index (χ0) is 15.5. The summed E-state index contributed by atoms with van der Waals surface area (Å²) in [4.78, 5) is 8.30. The van der Waals surface area contributed by atoms with E-state index < -0.39 is 0 Å². The van der Waals surface area contributed by atoms with Gasteiger partial charge in [0.2, 0.25) is 5.95 Å². The van der Waals surface area contributed by atoms with Crippen molar-refractivity contribution < 1.29 is 4.39 Å². The van der Waals surface area contributed by atoms with Crippen LogP contribution in [0.3, 0.4) is 0 Å². The highest BCUT2D eigenvalue weighted by Gasteiger charge is 2.46. The Morgan fingerprint density at radius 1 is 1.27 bits per heavy atom. The van der Waals surface area contributed by atoms with Crippen LogP contribution in [0.1, 0.15) is 31.7 Å². The van der Waals surface area contributed by atoms with Gasteiger partial charge in [-0.3, -0.25) is 4.98 Å². The van der Waals surface area contributed by atoms with Gasteiger partial charge in [0.15, 0.2) is 5.82 Å². The van der Waals surface area contributed by atoms with Crippen LogP contribution in [0, 0.1) is 11.2 Å². The van der Waals surface area contributed by atoms with Crippen molar-refractivity contribution in [3.8, 4) is 11.4 Å². The lowest BCUT2D eigenvalue weighted by molar-refractivity contribution is 0.621. The van der Waals surface area contributed by atoms with E-state index in [4.69, 9.17) is 5.73 Å². The Morgan fingerprint density at radius 3 is 2.68 bits per heavy atom. The first-order chi connectivity index (χ1) is 10.5. The number of nitrogens with two attached hydrogens (primary N) is 1.